The maximum Gasteiger partial charge on any atom is 0.144 e. The zero-order valence-electron chi connectivity index (χ0n) is 20.5. The lowest BCUT2D eigenvalue weighted by molar-refractivity contribution is 0.671. The number of nitriles is 1. The van der Waals surface area contributed by atoms with Crippen LogP contribution in [0, 0.1) is 18.3 Å². The second-order valence-electron chi connectivity index (χ2n) is 9.57. The highest BCUT2D eigenvalue weighted by molar-refractivity contribution is 6.46. The Labute approximate surface area is 215 Å². The average Bonchev–Trinajstić information content (AvgIpc) is 3.33. The molecule has 0 radical (unpaired) electrons. The van der Waals surface area contributed by atoms with Crippen LogP contribution in [0.3, 0.4) is 0 Å². The third-order valence-corrected chi connectivity index (χ3v) is 7.42. The minimum Gasteiger partial charge on any atom is -0.455 e. The van der Waals surface area contributed by atoms with E-state index >= 15 is 0 Å². The Hall–Kier alpha value is -4.88. The Kier molecular flexibility index (Phi) is 4.68. The molecule has 0 unspecified atom stereocenters. The van der Waals surface area contributed by atoms with Crippen molar-refractivity contribution in [2.75, 3.05) is 0 Å². The van der Waals surface area contributed by atoms with Gasteiger partial charge in [0.05, 0.1) is 17.3 Å². The minimum atomic E-state index is 0.602. The topological polar surface area (TPSA) is 49.8 Å². The minimum absolute atomic E-state index is 0.602. The smallest absolute Gasteiger partial charge is 0.144 e. The molecule has 0 bridgehead atoms. The first kappa shape index (κ1) is 21.4. The molecule has 0 saturated carbocycles. The molecule has 2 aromatic heterocycles. The van der Waals surface area contributed by atoms with Crippen molar-refractivity contribution in [2.24, 2.45) is 0 Å². The molecule has 0 amide bonds. The summed E-state index contributed by atoms with van der Waals surface area (Å²) in [5.41, 5.74) is 8.07. The normalized spacial score (nSPS) is 11.5. The highest BCUT2D eigenvalue weighted by Gasteiger charge is 2.22. The molecule has 0 N–H and O–H groups in total. The van der Waals surface area contributed by atoms with Crippen LogP contribution in [-0.4, -0.2) is 12.8 Å². The molecular weight excluding hydrogens is 451 g/mol. The molecule has 172 valence electrons. The van der Waals surface area contributed by atoms with E-state index in [1.165, 1.54) is 16.2 Å². The highest BCUT2D eigenvalue weighted by Crippen LogP contribution is 2.43. The number of rotatable bonds is 2. The summed E-state index contributed by atoms with van der Waals surface area (Å²) < 4.78 is 6.72. The van der Waals surface area contributed by atoms with Crippen LogP contribution in [0.1, 0.15) is 11.1 Å². The number of nitrogens with zero attached hydrogens (tertiary/aromatic N) is 2. The summed E-state index contributed by atoms with van der Waals surface area (Å²) in [6.45, 7) is 2.03. The summed E-state index contributed by atoms with van der Waals surface area (Å²) in [6.07, 6.45) is 1.88. The molecule has 5 aromatic carbocycles. The van der Waals surface area contributed by atoms with Gasteiger partial charge in [-0.2, -0.15) is 5.26 Å². The Balaban J connectivity index is 1.65. The molecule has 0 saturated heterocycles. The number of hydrogen-bond acceptors (Lipinski definition) is 3. The maximum atomic E-state index is 10.2. The summed E-state index contributed by atoms with van der Waals surface area (Å²) in [7, 11) is 2.15. The van der Waals surface area contributed by atoms with Gasteiger partial charge in [-0.3, -0.25) is 4.98 Å². The fraction of sp³-hybridized carbons (Fsp3) is 0.0303. The molecule has 0 fully saturated rings. The van der Waals surface area contributed by atoms with Gasteiger partial charge >= 0.3 is 0 Å². The van der Waals surface area contributed by atoms with Crippen molar-refractivity contribution in [3.63, 3.8) is 0 Å². The fourth-order valence-electron chi connectivity index (χ4n) is 5.67. The van der Waals surface area contributed by atoms with Crippen LogP contribution in [-0.2, 0) is 0 Å². The first-order chi connectivity index (χ1) is 18.2. The Morgan fingerprint density at radius 2 is 1.35 bits per heavy atom. The maximum absolute atomic E-state index is 10.2. The Morgan fingerprint density at radius 3 is 2.08 bits per heavy atom. The average molecular weight is 472 g/mol. The van der Waals surface area contributed by atoms with Gasteiger partial charge in [0.1, 0.15) is 19.0 Å². The van der Waals surface area contributed by atoms with Gasteiger partial charge in [-0.15, -0.1) is 0 Å². The lowest BCUT2D eigenvalue weighted by atomic mass is 9.78. The summed E-state index contributed by atoms with van der Waals surface area (Å²) >= 11 is 0. The van der Waals surface area contributed by atoms with E-state index in [1.807, 2.05) is 43.5 Å². The largest absolute Gasteiger partial charge is 0.455 e. The van der Waals surface area contributed by atoms with Crippen LogP contribution in [0.5, 0.6) is 0 Å². The van der Waals surface area contributed by atoms with Crippen molar-refractivity contribution in [3.05, 3.63) is 108 Å². The third kappa shape index (κ3) is 3.11. The fourth-order valence-corrected chi connectivity index (χ4v) is 5.67. The number of aryl methyl sites for hydroxylation is 1. The van der Waals surface area contributed by atoms with Crippen LogP contribution in [0.2, 0.25) is 0 Å². The van der Waals surface area contributed by atoms with E-state index in [-0.39, 0.29) is 0 Å². The molecular formula is C33H21BN2O. The van der Waals surface area contributed by atoms with E-state index in [4.69, 9.17) is 4.42 Å². The second-order valence-corrected chi connectivity index (χ2v) is 9.57. The number of fused-ring (bicyclic) bond motifs is 6. The molecule has 2 heterocycles. The quantitative estimate of drug-likeness (QED) is 0.200. The van der Waals surface area contributed by atoms with Crippen molar-refractivity contribution in [1.29, 1.82) is 5.26 Å². The molecule has 0 aliphatic heterocycles. The first-order valence-electron chi connectivity index (χ1n) is 12.4. The SMILES string of the molecule is Bc1c(-c2c(C#N)ccc3c2oc2c(-c4ccc(C)cn4)cccc23)c2ccccc2c2ccccc12. The van der Waals surface area contributed by atoms with E-state index in [1.54, 1.807) is 0 Å². The first-order valence-corrected chi connectivity index (χ1v) is 12.4. The number of benzene rings is 5. The molecule has 3 nitrogen and oxygen atoms in total. The van der Waals surface area contributed by atoms with Crippen molar-refractivity contribution in [1.82, 2.24) is 4.98 Å². The van der Waals surface area contributed by atoms with E-state index in [0.717, 1.165) is 60.7 Å². The third-order valence-electron chi connectivity index (χ3n) is 7.42. The van der Waals surface area contributed by atoms with Crippen molar-refractivity contribution < 1.29 is 4.42 Å². The van der Waals surface area contributed by atoms with Gasteiger partial charge in [0.2, 0.25) is 0 Å². The lowest BCUT2D eigenvalue weighted by Gasteiger charge is -2.16. The second kappa shape index (κ2) is 8.08. The van der Waals surface area contributed by atoms with Gasteiger partial charge in [0.25, 0.3) is 0 Å². The molecule has 37 heavy (non-hydrogen) atoms. The lowest BCUT2D eigenvalue weighted by Crippen LogP contribution is -2.10. The Bertz CT molecular complexity index is 2060. The van der Waals surface area contributed by atoms with E-state index in [2.05, 4.69) is 79.6 Å². The standard InChI is InChI=1S/C33H21BN2O/c1-19-13-16-28(36-18-19)27-12-6-11-25-26-15-14-20(17-35)29(33(26)37-32(25)27)30-23-9-4-2-7-21(23)22-8-3-5-10-24(22)31(30)34/h2-16,18H,34H2,1H3. The molecule has 0 atom stereocenters. The van der Waals surface area contributed by atoms with Gasteiger partial charge in [-0.1, -0.05) is 72.2 Å². The summed E-state index contributed by atoms with van der Waals surface area (Å²) in [6, 6.07) is 33.6. The summed E-state index contributed by atoms with van der Waals surface area (Å²) in [4.78, 5) is 4.66. The van der Waals surface area contributed by atoms with Crippen molar-refractivity contribution in [3.8, 4) is 28.5 Å². The van der Waals surface area contributed by atoms with Gasteiger partial charge in [-0.05, 0) is 63.9 Å². The van der Waals surface area contributed by atoms with E-state index in [9.17, 15) is 5.26 Å². The molecule has 0 spiro atoms. The highest BCUT2D eigenvalue weighted by atomic mass is 16.3. The summed E-state index contributed by atoms with van der Waals surface area (Å²) in [5.74, 6) is 0. The van der Waals surface area contributed by atoms with Gasteiger partial charge < -0.3 is 4.42 Å². The van der Waals surface area contributed by atoms with Crippen LogP contribution in [0.15, 0.2) is 102 Å². The summed E-state index contributed by atoms with van der Waals surface area (Å²) in [5, 5.41) is 16.9. The van der Waals surface area contributed by atoms with Gasteiger partial charge in [0, 0.05) is 28.1 Å². The molecule has 7 aromatic rings. The predicted octanol–water partition coefficient (Wildman–Crippen LogP) is 7.06. The number of para-hydroxylation sites is 1. The van der Waals surface area contributed by atoms with Crippen LogP contribution < -0.4 is 5.46 Å². The van der Waals surface area contributed by atoms with Crippen molar-refractivity contribution in [2.45, 2.75) is 6.92 Å². The Morgan fingerprint density at radius 1 is 0.676 bits per heavy atom. The van der Waals surface area contributed by atoms with Gasteiger partial charge in [0.15, 0.2) is 0 Å². The molecule has 7 rings (SSSR count). The number of hydrogen-bond donors (Lipinski definition) is 0. The van der Waals surface area contributed by atoms with E-state index < -0.39 is 0 Å². The number of furan rings is 1. The van der Waals surface area contributed by atoms with Crippen LogP contribution in [0.25, 0.3) is 65.9 Å². The molecule has 0 aliphatic carbocycles. The number of pyridine rings is 1. The number of aromatic nitrogens is 1. The van der Waals surface area contributed by atoms with Crippen LogP contribution in [0.4, 0.5) is 0 Å². The van der Waals surface area contributed by atoms with Crippen LogP contribution >= 0.6 is 0 Å². The van der Waals surface area contributed by atoms with E-state index in [0.29, 0.717) is 5.56 Å². The zero-order valence-corrected chi connectivity index (χ0v) is 20.5. The monoisotopic (exact) mass is 472 g/mol. The van der Waals surface area contributed by atoms with Crippen molar-refractivity contribution >= 4 is 56.8 Å². The predicted molar refractivity (Wildman–Crippen MR) is 155 cm³/mol. The zero-order chi connectivity index (χ0) is 25.1. The van der Waals surface area contributed by atoms with Gasteiger partial charge in [-0.25, -0.2) is 0 Å². The molecule has 4 heteroatoms. The molecule has 0 aliphatic rings.